The van der Waals surface area contributed by atoms with Gasteiger partial charge in [0, 0.05) is 12.4 Å². The number of hydrogen-bond acceptors (Lipinski definition) is 4. The average Bonchev–Trinajstić information content (AvgIpc) is 2.22. The number of alkyl carbamates (subject to hydrolysis) is 1. The molecule has 0 unspecified atom stereocenters. The van der Waals surface area contributed by atoms with Gasteiger partial charge >= 0.3 is 6.09 Å². The Balaban J connectivity index is 2.11. The summed E-state index contributed by atoms with van der Waals surface area (Å²) < 4.78 is 6.12. The molecule has 0 aliphatic heterocycles. The first-order valence-electron chi connectivity index (χ1n) is 6.30. The number of amides is 1. The molecule has 0 saturated heterocycles. The summed E-state index contributed by atoms with van der Waals surface area (Å²) in [5, 5.41) is 2.92. The maximum Gasteiger partial charge on any atom is 0.408 e. The summed E-state index contributed by atoms with van der Waals surface area (Å²) >= 11 is 3.31. The first kappa shape index (κ1) is 14.2. The molecule has 0 bridgehead atoms. The predicted octanol–water partition coefficient (Wildman–Crippen LogP) is 3.14. The van der Waals surface area contributed by atoms with Gasteiger partial charge in [0.15, 0.2) is 5.82 Å². The zero-order valence-electron chi connectivity index (χ0n) is 11.4. The number of rotatable bonds is 2. The van der Waals surface area contributed by atoms with Gasteiger partial charge in [0.05, 0.1) is 4.47 Å². The van der Waals surface area contributed by atoms with E-state index in [1.54, 1.807) is 12.4 Å². The lowest BCUT2D eigenvalue weighted by atomic mass is 9.76. The normalized spacial score (nSPS) is 17.5. The van der Waals surface area contributed by atoms with Crippen LogP contribution in [0, 0.1) is 0 Å². The van der Waals surface area contributed by atoms with Crippen LogP contribution in [0.1, 0.15) is 45.9 Å². The lowest BCUT2D eigenvalue weighted by Gasteiger charge is -2.41. The van der Waals surface area contributed by atoms with Crippen LogP contribution in [0.2, 0.25) is 0 Å². The number of nitrogens with zero attached hydrogens (tertiary/aromatic N) is 2. The molecule has 5 nitrogen and oxygen atoms in total. The van der Waals surface area contributed by atoms with Gasteiger partial charge < -0.3 is 10.1 Å². The molecule has 1 N–H and O–H groups in total. The maximum atomic E-state index is 11.9. The highest BCUT2D eigenvalue weighted by atomic mass is 79.9. The van der Waals surface area contributed by atoms with E-state index in [0.717, 1.165) is 23.7 Å². The predicted molar refractivity (Wildman–Crippen MR) is 74.6 cm³/mol. The largest absolute Gasteiger partial charge is 0.444 e. The van der Waals surface area contributed by atoms with Gasteiger partial charge in [-0.3, -0.25) is 0 Å². The Morgan fingerprint density at radius 3 is 2.37 bits per heavy atom. The molecule has 1 saturated carbocycles. The van der Waals surface area contributed by atoms with E-state index in [9.17, 15) is 4.79 Å². The Kier molecular flexibility index (Phi) is 3.80. The second-order valence-corrected chi connectivity index (χ2v) is 6.70. The van der Waals surface area contributed by atoms with Crippen molar-refractivity contribution in [3.63, 3.8) is 0 Å². The zero-order valence-corrected chi connectivity index (χ0v) is 13.0. The van der Waals surface area contributed by atoms with Crippen molar-refractivity contribution in [2.24, 2.45) is 0 Å². The van der Waals surface area contributed by atoms with Crippen LogP contribution in [0.15, 0.2) is 16.9 Å². The minimum absolute atomic E-state index is 0.418. The lowest BCUT2D eigenvalue weighted by molar-refractivity contribution is 0.0365. The average molecular weight is 328 g/mol. The molecule has 1 aromatic heterocycles. The monoisotopic (exact) mass is 327 g/mol. The van der Waals surface area contributed by atoms with E-state index < -0.39 is 17.2 Å². The summed E-state index contributed by atoms with van der Waals surface area (Å²) in [7, 11) is 0. The number of aromatic nitrogens is 2. The van der Waals surface area contributed by atoms with E-state index in [-0.39, 0.29) is 0 Å². The molecule has 0 spiro atoms. The smallest absolute Gasteiger partial charge is 0.408 e. The fourth-order valence-corrected chi connectivity index (χ4v) is 2.20. The van der Waals surface area contributed by atoms with Crippen LogP contribution in [-0.2, 0) is 10.3 Å². The van der Waals surface area contributed by atoms with Crippen molar-refractivity contribution in [2.75, 3.05) is 0 Å². The molecule has 0 radical (unpaired) electrons. The minimum Gasteiger partial charge on any atom is -0.444 e. The summed E-state index contributed by atoms with van der Waals surface area (Å²) in [6.07, 6.45) is 5.70. The SMILES string of the molecule is CC(C)(C)OC(=O)NC1(c2ncc(Br)cn2)CCC1. The maximum absolute atomic E-state index is 11.9. The molecule has 2 rings (SSSR count). The Hall–Kier alpha value is -1.17. The molecule has 1 fully saturated rings. The van der Waals surface area contributed by atoms with Gasteiger partial charge in [0.25, 0.3) is 0 Å². The van der Waals surface area contributed by atoms with Crippen molar-refractivity contribution in [3.8, 4) is 0 Å². The van der Waals surface area contributed by atoms with Crippen molar-refractivity contribution in [1.29, 1.82) is 0 Å². The van der Waals surface area contributed by atoms with Crippen LogP contribution in [0.3, 0.4) is 0 Å². The molecule has 1 amide bonds. The molecule has 1 aliphatic rings. The van der Waals surface area contributed by atoms with Crippen LogP contribution in [0.5, 0.6) is 0 Å². The highest BCUT2D eigenvalue weighted by Crippen LogP contribution is 2.39. The van der Waals surface area contributed by atoms with E-state index in [4.69, 9.17) is 4.74 Å². The van der Waals surface area contributed by atoms with Crippen molar-refractivity contribution in [2.45, 2.75) is 51.2 Å². The van der Waals surface area contributed by atoms with Gasteiger partial charge in [-0.2, -0.15) is 0 Å². The van der Waals surface area contributed by atoms with E-state index in [1.807, 2.05) is 20.8 Å². The molecule has 6 heteroatoms. The topological polar surface area (TPSA) is 64.1 Å². The molecule has 104 valence electrons. The van der Waals surface area contributed by atoms with Gasteiger partial charge in [-0.15, -0.1) is 0 Å². The third-order valence-electron chi connectivity index (χ3n) is 3.00. The summed E-state index contributed by atoms with van der Waals surface area (Å²) in [6.45, 7) is 5.53. The van der Waals surface area contributed by atoms with Gasteiger partial charge in [-0.05, 0) is 56.0 Å². The molecular weight excluding hydrogens is 310 g/mol. The van der Waals surface area contributed by atoms with Crippen LogP contribution in [0.25, 0.3) is 0 Å². The number of ether oxygens (including phenoxy) is 1. The highest BCUT2D eigenvalue weighted by molar-refractivity contribution is 9.10. The van der Waals surface area contributed by atoms with Gasteiger partial charge in [0.1, 0.15) is 11.1 Å². The number of hydrogen-bond donors (Lipinski definition) is 1. The quantitative estimate of drug-likeness (QED) is 0.906. The Bertz CT molecular complexity index is 464. The molecular formula is C13H18BrN3O2. The molecule has 0 aromatic carbocycles. The zero-order chi connectivity index (χ0) is 14.1. The summed E-state index contributed by atoms with van der Waals surface area (Å²) in [5.74, 6) is 0.646. The third-order valence-corrected chi connectivity index (χ3v) is 3.41. The summed E-state index contributed by atoms with van der Waals surface area (Å²) in [4.78, 5) is 20.5. The Labute approximate surface area is 121 Å². The van der Waals surface area contributed by atoms with Crippen molar-refractivity contribution in [1.82, 2.24) is 15.3 Å². The number of halogens is 1. The minimum atomic E-state index is -0.504. The number of carbonyl (C=O) groups is 1. The number of nitrogens with one attached hydrogen (secondary N) is 1. The summed E-state index contributed by atoms with van der Waals surface area (Å²) in [6, 6.07) is 0. The first-order chi connectivity index (χ1) is 8.81. The number of carbonyl (C=O) groups excluding carboxylic acids is 1. The second kappa shape index (κ2) is 5.07. The lowest BCUT2D eigenvalue weighted by Crippen LogP contribution is -2.53. The molecule has 1 aliphatic carbocycles. The van der Waals surface area contributed by atoms with Crippen LogP contribution >= 0.6 is 15.9 Å². The highest BCUT2D eigenvalue weighted by Gasteiger charge is 2.43. The Morgan fingerprint density at radius 1 is 1.37 bits per heavy atom. The standard InChI is InChI=1S/C13H18BrN3O2/c1-12(2,3)19-11(18)17-13(5-4-6-13)10-15-7-9(14)8-16-10/h7-8H,4-6H2,1-3H3,(H,17,18). The van der Waals surface area contributed by atoms with E-state index in [0.29, 0.717) is 5.82 Å². The first-order valence-corrected chi connectivity index (χ1v) is 7.09. The molecule has 0 atom stereocenters. The second-order valence-electron chi connectivity index (χ2n) is 5.79. The van der Waals surface area contributed by atoms with Gasteiger partial charge in [-0.25, -0.2) is 14.8 Å². The van der Waals surface area contributed by atoms with Crippen molar-refractivity contribution in [3.05, 3.63) is 22.7 Å². The molecule has 1 aromatic rings. The van der Waals surface area contributed by atoms with E-state index in [2.05, 4.69) is 31.2 Å². The van der Waals surface area contributed by atoms with Gasteiger partial charge in [-0.1, -0.05) is 0 Å². The van der Waals surface area contributed by atoms with Crippen LogP contribution < -0.4 is 5.32 Å². The Morgan fingerprint density at radius 2 is 1.95 bits per heavy atom. The molecule has 1 heterocycles. The van der Waals surface area contributed by atoms with Crippen molar-refractivity contribution >= 4 is 22.0 Å². The third kappa shape index (κ3) is 3.43. The molecule has 19 heavy (non-hydrogen) atoms. The van der Waals surface area contributed by atoms with Crippen molar-refractivity contribution < 1.29 is 9.53 Å². The van der Waals surface area contributed by atoms with E-state index in [1.165, 1.54) is 0 Å². The van der Waals surface area contributed by atoms with E-state index >= 15 is 0 Å². The van der Waals surface area contributed by atoms with Crippen LogP contribution in [-0.4, -0.2) is 21.7 Å². The van der Waals surface area contributed by atoms with Crippen LogP contribution in [0.4, 0.5) is 4.79 Å². The summed E-state index contributed by atoms with van der Waals surface area (Å²) in [5.41, 5.74) is -0.974. The van der Waals surface area contributed by atoms with Gasteiger partial charge in [0.2, 0.25) is 0 Å². The fourth-order valence-electron chi connectivity index (χ4n) is 1.99. The fraction of sp³-hybridized carbons (Fsp3) is 0.615.